The number of hydrogen-bond donors (Lipinski definition) is 0. The molecule has 0 unspecified atom stereocenters. The van der Waals surface area contributed by atoms with Crippen LogP contribution in [0.1, 0.15) is 25.3 Å². The summed E-state index contributed by atoms with van der Waals surface area (Å²) in [7, 11) is 0. The minimum absolute atomic E-state index is 0.0838. The van der Waals surface area contributed by atoms with Gasteiger partial charge >= 0.3 is 0 Å². The Labute approximate surface area is 106 Å². The molecule has 3 nitrogen and oxygen atoms in total. The molecular weight excluding hydrogens is 234 g/mol. The first-order valence-electron chi connectivity index (χ1n) is 5.73. The summed E-state index contributed by atoms with van der Waals surface area (Å²) in [6.07, 6.45) is 4.37. The average molecular weight is 251 g/mol. The number of furan rings is 1. The van der Waals surface area contributed by atoms with E-state index in [9.17, 15) is 4.79 Å². The SMILES string of the molecule is C=C(C)CC(=O)N1CCCc2cc(SC)oc21. The van der Waals surface area contributed by atoms with E-state index in [1.165, 1.54) is 0 Å². The van der Waals surface area contributed by atoms with Crippen LogP contribution in [0.2, 0.25) is 0 Å². The lowest BCUT2D eigenvalue weighted by Crippen LogP contribution is -2.34. The van der Waals surface area contributed by atoms with Crippen LogP contribution in [0.5, 0.6) is 0 Å². The molecule has 1 aromatic rings. The summed E-state index contributed by atoms with van der Waals surface area (Å²) in [5, 5.41) is 0.880. The van der Waals surface area contributed by atoms with Gasteiger partial charge in [0.2, 0.25) is 11.8 Å². The predicted octanol–water partition coefficient (Wildman–Crippen LogP) is 3.25. The largest absolute Gasteiger partial charge is 0.434 e. The molecule has 92 valence electrons. The summed E-state index contributed by atoms with van der Waals surface area (Å²) in [6, 6.07) is 2.04. The van der Waals surface area contributed by atoms with E-state index in [1.54, 1.807) is 16.7 Å². The zero-order valence-electron chi connectivity index (χ0n) is 10.3. The molecule has 0 aromatic carbocycles. The quantitative estimate of drug-likeness (QED) is 0.611. The second-order valence-corrected chi connectivity index (χ2v) is 5.19. The van der Waals surface area contributed by atoms with Crippen molar-refractivity contribution in [1.82, 2.24) is 0 Å². The zero-order valence-corrected chi connectivity index (χ0v) is 11.1. The molecule has 0 aliphatic carbocycles. The number of anilines is 1. The molecule has 4 heteroatoms. The Balaban J connectivity index is 2.24. The highest BCUT2D eigenvalue weighted by atomic mass is 32.2. The molecule has 17 heavy (non-hydrogen) atoms. The van der Waals surface area contributed by atoms with Crippen LogP contribution in [0.25, 0.3) is 0 Å². The number of thioether (sulfide) groups is 1. The topological polar surface area (TPSA) is 33.5 Å². The van der Waals surface area contributed by atoms with Gasteiger partial charge in [-0.1, -0.05) is 23.9 Å². The van der Waals surface area contributed by atoms with Crippen molar-refractivity contribution in [3.63, 3.8) is 0 Å². The predicted molar refractivity (Wildman–Crippen MR) is 70.6 cm³/mol. The van der Waals surface area contributed by atoms with Gasteiger partial charge in [-0.15, -0.1) is 0 Å². The molecule has 0 radical (unpaired) electrons. The summed E-state index contributed by atoms with van der Waals surface area (Å²) in [6.45, 7) is 6.41. The Kier molecular flexibility index (Phi) is 3.62. The van der Waals surface area contributed by atoms with E-state index in [0.29, 0.717) is 6.42 Å². The monoisotopic (exact) mass is 251 g/mol. The number of carbonyl (C=O) groups excluding carboxylic acids is 1. The summed E-state index contributed by atoms with van der Waals surface area (Å²) in [5.74, 6) is 0.826. The van der Waals surface area contributed by atoms with Gasteiger partial charge in [-0.3, -0.25) is 9.69 Å². The second-order valence-electron chi connectivity index (χ2n) is 4.38. The summed E-state index contributed by atoms with van der Waals surface area (Å²) in [5.41, 5.74) is 2.04. The van der Waals surface area contributed by atoms with Crippen molar-refractivity contribution in [2.75, 3.05) is 17.7 Å². The van der Waals surface area contributed by atoms with Crippen molar-refractivity contribution >= 4 is 23.6 Å². The number of fused-ring (bicyclic) bond motifs is 1. The number of nitrogens with zero attached hydrogens (tertiary/aromatic N) is 1. The normalized spacial score (nSPS) is 14.6. The van der Waals surface area contributed by atoms with Crippen LogP contribution in [0.3, 0.4) is 0 Å². The van der Waals surface area contributed by atoms with Crippen LogP contribution >= 0.6 is 11.8 Å². The Morgan fingerprint density at radius 2 is 2.41 bits per heavy atom. The first-order valence-corrected chi connectivity index (χ1v) is 6.95. The fraction of sp³-hybridized carbons (Fsp3) is 0.462. The van der Waals surface area contributed by atoms with Gasteiger partial charge in [-0.25, -0.2) is 0 Å². The summed E-state index contributed by atoms with van der Waals surface area (Å²) < 4.78 is 5.71. The molecule has 2 rings (SSSR count). The third-order valence-electron chi connectivity index (χ3n) is 2.79. The summed E-state index contributed by atoms with van der Waals surface area (Å²) in [4.78, 5) is 13.8. The van der Waals surface area contributed by atoms with Crippen molar-refractivity contribution in [2.45, 2.75) is 31.3 Å². The summed E-state index contributed by atoms with van der Waals surface area (Å²) >= 11 is 1.57. The third-order valence-corrected chi connectivity index (χ3v) is 3.40. The third kappa shape index (κ3) is 2.57. The van der Waals surface area contributed by atoms with Crippen LogP contribution in [-0.4, -0.2) is 18.7 Å². The Morgan fingerprint density at radius 3 is 3.06 bits per heavy atom. The van der Waals surface area contributed by atoms with Crippen molar-refractivity contribution in [3.05, 3.63) is 23.8 Å². The highest BCUT2D eigenvalue weighted by molar-refractivity contribution is 7.98. The second kappa shape index (κ2) is 5.00. The van der Waals surface area contributed by atoms with Crippen LogP contribution in [0.15, 0.2) is 27.7 Å². The van der Waals surface area contributed by atoms with E-state index in [4.69, 9.17) is 4.42 Å². The standard InChI is InChI=1S/C13H17NO2S/c1-9(2)7-11(15)14-6-4-5-10-8-12(17-3)16-13(10)14/h8H,1,4-7H2,2-3H3. The Morgan fingerprint density at radius 1 is 1.65 bits per heavy atom. The molecule has 1 aliphatic rings. The van der Waals surface area contributed by atoms with Gasteiger partial charge < -0.3 is 4.42 Å². The first-order chi connectivity index (χ1) is 8.11. The van der Waals surface area contributed by atoms with Gasteiger partial charge in [0.1, 0.15) is 0 Å². The van der Waals surface area contributed by atoms with Crippen molar-refractivity contribution in [1.29, 1.82) is 0 Å². The molecule has 0 saturated carbocycles. The van der Waals surface area contributed by atoms with E-state index < -0.39 is 0 Å². The van der Waals surface area contributed by atoms with E-state index in [0.717, 1.165) is 41.5 Å². The molecule has 0 saturated heterocycles. The first kappa shape index (κ1) is 12.3. The molecule has 1 aliphatic heterocycles. The van der Waals surface area contributed by atoms with Crippen molar-refractivity contribution in [3.8, 4) is 0 Å². The molecule has 0 fully saturated rings. The van der Waals surface area contributed by atoms with Crippen LogP contribution in [0.4, 0.5) is 5.88 Å². The maximum Gasteiger partial charge on any atom is 0.233 e. The van der Waals surface area contributed by atoms with E-state index in [-0.39, 0.29) is 5.91 Å². The maximum atomic E-state index is 12.1. The van der Waals surface area contributed by atoms with Gasteiger partial charge in [0, 0.05) is 18.5 Å². The van der Waals surface area contributed by atoms with Gasteiger partial charge in [0.25, 0.3) is 0 Å². The lowest BCUT2D eigenvalue weighted by atomic mass is 10.1. The zero-order chi connectivity index (χ0) is 12.4. The molecule has 1 amide bonds. The fourth-order valence-corrected chi connectivity index (χ4v) is 2.45. The molecule has 1 aromatic heterocycles. The van der Waals surface area contributed by atoms with E-state index in [2.05, 4.69) is 6.58 Å². The van der Waals surface area contributed by atoms with Gasteiger partial charge in [-0.2, -0.15) is 0 Å². The number of rotatable bonds is 3. The highest BCUT2D eigenvalue weighted by Crippen LogP contribution is 2.34. The molecule has 0 spiro atoms. The van der Waals surface area contributed by atoms with E-state index >= 15 is 0 Å². The number of amides is 1. The lowest BCUT2D eigenvalue weighted by Gasteiger charge is -2.25. The molecule has 0 N–H and O–H groups in total. The average Bonchev–Trinajstić information content (AvgIpc) is 2.70. The van der Waals surface area contributed by atoms with Crippen LogP contribution < -0.4 is 4.90 Å². The van der Waals surface area contributed by atoms with E-state index in [1.807, 2.05) is 19.2 Å². The molecule has 0 bridgehead atoms. The van der Waals surface area contributed by atoms with Crippen LogP contribution in [-0.2, 0) is 11.2 Å². The Bertz CT molecular complexity index is 450. The minimum atomic E-state index is 0.0838. The minimum Gasteiger partial charge on any atom is -0.434 e. The van der Waals surface area contributed by atoms with Crippen molar-refractivity contribution < 1.29 is 9.21 Å². The molecular formula is C13H17NO2S. The number of hydrogen-bond acceptors (Lipinski definition) is 3. The number of aryl methyl sites for hydroxylation is 1. The smallest absolute Gasteiger partial charge is 0.233 e. The molecule has 0 atom stereocenters. The van der Waals surface area contributed by atoms with Crippen LogP contribution in [0, 0.1) is 0 Å². The Hall–Kier alpha value is -1.16. The van der Waals surface area contributed by atoms with Gasteiger partial charge in [0.05, 0.1) is 0 Å². The van der Waals surface area contributed by atoms with Crippen molar-refractivity contribution in [2.24, 2.45) is 0 Å². The fourth-order valence-electron chi connectivity index (χ4n) is 2.02. The van der Waals surface area contributed by atoms with Gasteiger partial charge in [-0.05, 0) is 32.1 Å². The lowest BCUT2D eigenvalue weighted by molar-refractivity contribution is -0.118. The van der Waals surface area contributed by atoms with Gasteiger partial charge in [0.15, 0.2) is 5.09 Å². The number of carbonyl (C=O) groups is 1. The highest BCUT2D eigenvalue weighted by Gasteiger charge is 2.26. The maximum absolute atomic E-state index is 12.1. The molecule has 2 heterocycles.